The molecule has 2 bridgehead atoms. The third-order valence-corrected chi connectivity index (χ3v) is 7.28. The van der Waals surface area contributed by atoms with Crippen LogP contribution in [-0.2, 0) is 16.0 Å². The summed E-state index contributed by atoms with van der Waals surface area (Å²) in [7, 11) is 0. The van der Waals surface area contributed by atoms with E-state index in [1.54, 1.807) is 39.1 Å². The number of piperidine rings is 1. The number of ether oxygens (including phenoxy) is 1. The molecular weight excluding hydrogens is 455 g/mol. The van der Waals surface area contributed by atoms with E-state index in [0.717, 1.165) is 34.7 Å². The van der Waals surface area contributed by atoms with E-state index >= 15 is 0 Å². The molecule has 4 atom stereocenters. The number of aryl methyl sites for hydroxylation is 1. The van der Waals surface area contributed by atoms with Crippen LogP contribution in [0.2, 0.25) is 0 Å². The van der Waals surface area contributed by atoms with E-state index in [9.17, 15) is 19.2 Å². The highest BCUT2D eigenvalue weighted by Crippen LogP contribution is 2.43. The summed E-state index contributed by atoms with van der Waals surface area (Å²) in [6.45, 7) is 7.25. The van der Waals surface area contributed by atoms with Crippen molar-refractivity contribution < 1.29 is 18.7 Å². The van der Waals surface area contributed by atoms with Crippen molar-refractivity contribution in [2.75, 3.05) is 0 Å². The number of rotatable bonds is 5. The highest BCUT2D eigenvalue weighted by atomic mass is 32.1. The minimum atomic E-state index is -0.918. The number of thiazole rings is 1. The van der Waals surface area contributed by atoms with Crippen LogP contribution < -0.4 is 5.32 Å². The summed E-state index contributed by atoms with van der Waals surface area (Å²) in [6.07, 6.45) is 3.68. The monoisotopic (exact) mass is 484 g/mol. The Balaban J connectivity index is 1.45. The fraction of sp³-hybridized carbons (Fsp3) is 0.520. The molecular formula is C25H29FN4O3S. The van der Waals surface area contributed by atoms with Gasteiger partial charge in [-0.05, 0) is 70.1 Å². The first-order valence-electron chi connectivity index (χ1n) is 11.5. The molecule has 1 aromatic heterocycles. The lowest BCUT2D eigenvalue weighted by atomic mass is 9.97. The van der Waals surface area contributed by atoms with Gasteiger partial charge in [0.25, 0.3) is 0 Å². The number of carbonyl (C=O) groups excluding carboxylic acids is 2. The van der Waals surface area contributed by atoms with Crippen molar-refractivity contribution in [3.63, 3.8) is 0 Å². The van der Waals surface area contributed by atoms with Gasteiger partial charge >= 0.3 is 6.09 Å². The molecule has 0 spiro atoms. The van der Waals surface area contributed by atoms with Crippen LogP contribution in [0.25, 0.3) is 10.4 Å². The first kappa shape index (κ1) is 24.1. The van der Waals surface area contributed by atoms with Gasteiger partial charge in [-0.2, -0.15) is 5.26 Å². The zero-order valence-corrected chi connectivity index (χ0v) is 20.6. The van der Waals surface area contributed by atoms with E-state index in [1.807, 2.05) is 6.92 Å². The van der Waals surface area contributed by atoms with Crippen LogP contribution in [0, 0.1) is 30.0 Å². The van der Waals surface area contributed by atoms with Crippen molar-refractivity contribution >= 4 is 23.3 Å². The Labute approximate surface area is 202 Å². The summed E-state index contributed by atoms with van der Waals surface area (Å²) < 4.78 is 20.4. The average molecular weight is 485 g/mol. The zero-order valence-electron chi connectivity index (χ0n) is 19.8. The SMILES string of the molecule is Cc1ncc(-c2ccc(C[C@@H](C#N)NC(=O)[C@@H]3[C@H]4CC[C@H](C4)N3C(=O)OC(C)(C)C)c(F)c2)s1. The molecule has 1 saturated carbocycles. The third-order valence-electron chi connectivity index (χ3n) is 6.31. The Hall–Kier alpha value is -2.99. The maximum Gasteiger partial charge on any atom is 0.411 e. The molecule has 7 nitrogen and oxygen atoms in total. The van der Waals surface area contributed by atoms with Crippen LogP contribution in [0.4, 0.5) is 9.18 Å². The van der Waals surface area contributed by atoms with E-state index < -0.39 is 29.6 Å². The Morgan fingerprint density at radius 3 is 2.76 bits per heavy atom. The number of aromatic nitrogens is 1. The molecule has 1 aliphatic carbocycles. The first-order valence-corrected chi connectivity index (χ1v) is 12.3. The number of nitrogens with one attached hydrogen (secondary N) is 1. The number of likely N-dealkylation sites (tertiary alicyclic amines) is 1. The van der Waals surface area contributed by atoms with Gasteiger partial charge in [-0.25, -0.2) is 14.2 Å². The Kier molecular flexibility index (Phi) is 6.63. The van der Waals surface area contributed by atoms with Crippen LogP contribution in [0.5, 0.6) is 0 Å². The van der Waals surface area contributed by atoms with Gasteiger partial charge in [0, 0.05) is 18.7 Å². The summed E-state index contributed by atoms with van der Waals surface area (Å²) in [6, 6.07) is 5.31. The number of hydrogen-bond acceptors (Lipinski definition) is 6. The van der Waals surface area contributed by atoms with Gasteiger partial charge in [-0.15, -0.1) is 11.3 Å². The Bertz CT molecular complexity index is 1140. The van der Waals surface area contributed by atoms with Crippen molar-refractivity contribution in [1.82, 2.24) is 15.2 Å². The van der Waals surface area contributed by atoms with Gasteiger partial charge in [0.2, 0.25) is 5.91 Å². The number of fused-ring (bicyclic) bond motifs is 2. The molecule has 2 heterocycles. The van der Waals surface area contributed by atoms with Crippen LogP contribution in [0.3, 0.4) is 0 Å². The molecule has 0 radical (unpaired) electrons. The topological polar surface area (TPSA) is 95.3 Å². The lowest BCUT2D eigenvalue weighted by molar-refractivity contribution is -0.128. The van der Waals surface area contributed by atoms with Crippen molar-refractivity contribution in [1.29, 1.82) is 5.26 Å². The van der Waals surface area contributed by atoms with Gasteiger partial charge in [0.1, 0.15) is 23.5 Å². The molecule has 34 heavy (non-hydrogen) atoms. The molecule has 180 valence electrons. The Morgan fingerprint density at radius 1 is 1.38 bits per heavy atom. The quantitative estimate of drug-likeness (QED) is 0.669. The van der Waals surface area contributed by atoms with Crippen LogP contribution in [0.15, 0.2) is 24.4 Å². The second-order valence-corrected chi connectivity index (χ2v) is 11.2. The highest BCUT2D eigenvalue weighted by Gasteiger charge is 2.52. The molecule has 1 aliphatic heterocycles. The molecule has 2 aromatic rings. The molecule has 0 unspecified atom stereocenters. The number of nitrogens with zero attached hydrogens (tertiary/aromatic N) is 3. The van der Waals surface area contributed by atoms with Gasteiger partial charge in [0.15, 0.2) is 0 Å². The van der Waals surface area contributed by atoms with Crippen molar-refractivity contribution in [2.45, 2.75) is 77.1 Å². The molecule has 1 saturated heterocycles. The summed E-state index contributed by atoms with van der Waals surface area (Å²) in [4.78, 5) is 32.6. The van der Waals surface area contributed by atoms with E-state index in [0.29, 0.717) is 5.56 Å². The second-order valence-electron chi connectivity index (χ2n) is 10.0. The normalized spacial score (nSPS) is 22.4. The third kappa shape index (κ3) is 5.07. The predicted molar refractivity (Wildman–Crippen MR) is 126 cm³/mol. The molecule has 2 amide bonds. The van der Waals surface area contributed by atoms with Crippen molar-refractivity contribution in [3.8, 4) is 16.5 Å². The van der Waals surface area contributed by atoms with E-state index in [-0.39, 0.29) is 24.3 Å². The van der Waals surface area contributed by atoms with E-state index in [2.05, 4.69) is 16.4 Å². The molecule has 2 fully saturated rings. The van der Waals surface area contributed by atoms with Crippen molar-refractivity contribution in [2.24, 2.45) is 5.92 Å². The van der Waals surface area contributed by atoms with Crippen LogP contribution in [-0.4, -0.2) is 45.6 Å². The minimum absolute atomic E-state index is 0.0310. The second kappa shape index (κ2) is 9.34. The van der Waals surface area contributed by atoms with E-state index in [1.165, 1.54) is 22.3 Å². The number of hydrogen-bond donors (Lipinski definition) is 1. The van der Waals surface area contributed by atoms with Gasteiger partial charge in [0.05, 0.1) is 16.0 Å². The maximum absolute atomic E-state index is 14.8. The summed E-state index contributed by atoms with van der Waals surface area (Å²) in [5.41, 5.74) is 0.393. The zero-order chi connectivity index (χ0) is 24.6. The summed E-state index contributed by atoms with van der Waals surface area (Å²) >= 11 is 1.48. The number of nitriles is 1. The fourth-order valence-electron chi connectivity index (χ4n) is 4.87. The molecule has 1 aromatic carbocycles. The standard InChI is InChI=1S/C25H29FN4O3S/c1-14-28-13-21(34-14)16-6-5-15(20(26)11-16)9-18(12-27)29-23(31)22-17-7-8-19(10-17)30(22)24(32)33-25(2,3)4/h5-6,11,13,17-19,22H,7-10H2,1-4H3,(H,29,31)/t17-,18-,19+,22-/m0/s1. The van der Waals surface area contributed by atoms with Gasteiger partial charge < -0.3 is 10.1 Å². The summed E-state index contributed by atoms with van der Waals surface area (Å²) in [5, 5.41) is 13.3. The number of amides is 2. The predicted octanol–water partition coefficient (Wildman–Crippen LogP) is 4.60. The molecule has 2 aliphatic rings. The van der Waals surface area contributed by atoms with Crippen LogP contribution in [0.1, 0.15) is 50.6 Å². The van der Waals surface area contributed by atoms with Gasteiger partial charge in [-0.3, -0.25) is 9.69 Å². The number of benzene rings is 1. The first-order chi connectivity index (χ1) is 16.1. The molecule has 4 rings (SSSR count). The lowest BCUT2D eigenvalue weighted by Crippen LogP contribution is -2.55. The average Bonchev–Trinajstić information content (AvgIpc) is 3.49. The minimum Gasteiger partial charge on any atom is -0.444 e. The number of carbonyl (C=O) groups is 2. The smallest absolute Gasteiger partial charge is 0.411 e. The lowest BCUT2D eigenvalue weighted by Gasteiger charge is -2.35. The van der Waals surface area contributed by atoms with Gasteiger partial charge in [-0.1, -0.05) is 12.1 Å². The van der Waals surface area contributed by atoms with Crippen LogP contribution >= 0.6 is 11.3 Å². The largest absolute Gasteiger partial charge is 0.444 e. The Morgan fingerprint density at radius 2 is 2.15 bits per heavy atom. The fourth-order valence-corrected chi connectivity index (χ4v) is 5.64. The summed E-state index contributed by atoms with van der Waals surface area (Å²) in [5.74, 6) is -0.786. The molecule has 9 heteroatoms. The highest BCUT2D eigenvalue weighted by molar-refractivity contribution is 7.15. The maximum atomic E-state index is 14.8. The number of halogens is 1. The van der Waals surface area contributed by atoms with E-state index in [4.69, 9.17) is 4.74 Å². The molecule has 1 N–H and O–H groups in total. The van der Waals surface area contributed by atoms with Crippen molar-refractivity contribution in [3.05, 3.63) is 40.8 Å².